The molecular weight excluding hydrogens is 184 g/mol. The molecule has 0 saturated carbocycles. The minimum absolute atomic E-state index is 0.397. The number of aromatic nitrogens is 4. The Bertz CT molecular complexity index is 444. The summed E-state index contributed by atoms with van der Waals surface area (Å²) in [4.78, 5) is 22.9. The average molecular weight is 186 g/mol. The molecule has 0 aliphatic carbocycles. The van der Waals surface area contributed by atoms with E-state index in [1.165, 1.54) is 5.51 Å². The van der Waals surface area contributed by atoms with Gasteiger partial charge in [0, 0.05) is 0 Å². The van der Waals surface area contributed by atoms with Crippen molar-refractivity contribution in [1.29, 1.82) is 0 Å². The molecule has 2 aromatic heterocycles. The van der Waals surface area contributed by atoms with Gasteiger partial charge in [0.2, 0.25) is 6.39 Å². The molecule has 0 bridgehead atoms. The van der Waals surface area contributed by atoms with Gasteiger partial charge in [-0.05, 0) is 0 Å². The molecule has 2 aromatic rings. The fourth-order valence-corrected chi connectivity index (χ4v) is 1.11. The van der Waals surface area contributed by atoms with Crippen LogP contribution < -0.4 is 10.6 Å². The van der Waals surface area contributed by atoms with Gasteiger partial charge in [-0.3, -0.25) is 4.79 Å². The van der Waals surface area contributed by atoms with Crippen molar-refractivity contribution in [2.24, 2.45) is 0 Å². The second kappa shape index (κ2) is 2.41. The van der Waals surface area contributed by atoms with Crippen LogP contribution in [0.1, 0.15) is 0 Å². The van der Waals surface area contributed by atoms with E-state index in [1.54, 1.807) is 0 Å². The zero-order valence-electron chi connectivity index (χ0n) is 5.58. The van der Waals surface area contributed by atoms with Crippen molar-refractivity contribution in [2.45, 2.75) is 0 Å². The third-order valence-electron chi connectivity index (χ3n) is 1.13. The average Bonchev–Trinajstić information content (AvgIpc) is 2.59. The van der Waals surface area contributed by atoms with Crippen LogP contribution in [0.15, 0.2) is 25.9 Å². The van der Waals surface area contributed by atoms with Gasteiger partial charge >= 0.3 is 10.6 Å². The normalized spacial score (nSPS) is 10.3. The predicted octanol–water partition coefficient (Wildman–Crippen LogP) is -1.23. The summed E-state index contributed by atoms with van der Waals surface area (Å²) in [6.45, 7) is 0. The van der Waals surface area contributed by atoms with Gasteiger partial charge in [-0.25, -0.2) is 4.79 Å². The Kier molecular flexibility index (Phi) is 1.40. The Labute approximate surface area is 68.5 Å². The lowest BCUT2D eigenvalue weighted by atomic mass is 11.3. The maximum absolute atomic E-state index is 10.9. The van der Waals surface area contributed by atoms with Crippen LogP contribution in [0.2, 0.25) is 0 Å². The van der Waals surface area contributed by atoms with E-state index < -0.39 is 10.6 Å². The van der Waals surface area contributed by atoms with Gasteiger partial charge in [-0.1, -0.05) is 20.9 Å². The second-order valence-corrected chi connectivity index (χ2v) is 2.58. The minimum atomic E-state index is -0.747. The molecule has 0 fully saturated rings. The lowest BCUT2D eigenvalue weighted by molar-refractivity contribution is 0.425. The van der Waals surface area contributed by atoms with Crippen molar-refractivity contribution in [3.8, 4) is 0 Å². The summed E-state index contributed by atoms with van der Waals surface area (Å²) in [7, 11) is 0. The molecule has 0 aromatic carbocycles. The van der Waals surface area contributed by atoms with E-state index in [4.69, 9.17) is 0 Å². The molecule has 0 aliphatic rings. The van der Waals surface area contributed by atoms with Crippen molar-refractivity contribution in [1.82, 2.24) is 19.8 Å². The molecule has 0 unspecified atom stereocenters. The van der Waals surface area contributed by atoms with Gasteiger partial charge in [0.1, 0.15) is 5.51 Å². The van der Waals surface area contributed by atoms with E-state index in [0.29, 0.717) is 0 Å². The van der Waals surface area contributed by atoms with Crippen molar-refractivity contribution in [2.75, 3.05) is 0 Å². The zero-order chi connectivity index (χ0) is 8.55. The molecule has 0 amide bonds. The van der Waals surface area contributed by atoms with Gasteiger partial charge < -0.3 is 4.42 Å². The van der Waals surface area contributed by atoms with E-state index in [1.807, 2.05) is 0 Å². The number of rotatable bonds is 1. The molecule has 2 rings (SSSR count). The first kappa shape index (κ1) is 6.98. The SMILES string of the molecule is O=c1ocnn1-n1ncsc1=O. The summed E-state index contributed by atoms with van der Waals surface area (Å²) in [5, 5.41) is 7.05. The standard InChI is InChI=1S/C4H2N4O3S/c9-3-7(5-1-11-3)8-4(10)12-2-6-8/h1-2H. The molecule has 8 heteroatoms. The first-order valence-electron chi connectivity index (χ1n) is 2.85. The molecule has 2 heterocycles. The minimum Gasteiger partial charge on any atom is -0.394 e. The van der Waals surface area contributed by atoms with Crippen molar-refractivity contribution in [3.63, 3.8) is 0 Å². The van der Waals surface area contributed by atoms with Crippen molar-refractivity contribution < 1.29 is 4.42 Å². The van der Waals surface area contributed by atoms with Gasteiger partial charge in [-0.15, -0.1) is 10.2 Å². The van der Waals surface area contributed by atoms with Crippen LogP contribution in [0.4, 0.5) is 0 Å². The quantitative estimate of drug-likeness (QED) is 0.556. The fraction of sp³-hybridized carbons (Fsp3) is 0. The summed E-state index contributed by atoms with van der Waals surface area (Å²) in [6.07, 6.45) is 0.939. The van der Waals surface area contributed by atoms with Gasteiger partial charge in [0.25, 0.3) is 0 Å². The van der Waals surface area contributed by atoms with Crippen LogP contribution in [0.25, 0.3) is 0 Å². The van der Waals surface area contributed by atoms with Crippen molar-refractivity contribution >= 4 is 11.3 Å². The maximum Gasteiger partial charge on any atom is 0.458 e. The highest BCUT2D eigenvalue weighted by atomic mass is 32.1. The van der Waals surface area contributed by atoms with Crippen LogP contribution in [-0.4, -0.2) is 19.8 Å². The summed E-state index contributed by atoms with van der Waals surface area (Å²) >= 11 is 0.866. The smallest absolute Gasteiger partial charge is 0.394 e. The van der Waals surface area contributed by atoms with E-state index in [-0.39, 0.29) is 0 Å². The molecule has 0 spiro atoms. The Hall–Kier alpha value is -1.70. The summed E-state index contributed by atoms with van der Waals surface area (Å²) in [5.74, 6) is -0.747. The highest BCUT2D eigenvalue weighted by Crippen LogP contribution is 1.81. The van der Waals surface area contributed by atoms with Gasteiger partial charge in [0.15, 0.2) is 0 Å². The third-order valence-corrected chi connectivity index (χ3v) is 1.69. The Morgan fingerprint density at radius 2 is 2.17 bits per heavy atom. The number of hydrogen-bond donors (Lipinski definition) is 0. The third kappa shape index (κ3) is 0.889. The lowest BCUT2D eigenvalue weighted by Gasteiger charge is -1.90. The Morgan fingerprint density at radius 1 is 1.33 bits per heavy atom. The van der Waals surface area contributed by atoms with E-state index in [0.717, 1.165) is 27.3 Å². The maximum atomic E-state index is 10.9. The second-order valence-electron chi connectivity index (χ2n) is 1.79. The highest BCUT2D eigenvalue weighted by molar-refractivity contribution is 7.06. The molecule has 0 N–H and O–H groups in total. The van der Waals surface area contributed by atoms with E-state index in [9.17, 15) is 9.59 Å². The first-order chi connectivity index (χ1) is 5.79. The lowest BCUT2D eigenvalue weighted by Crippen LogP contribution is -2.31. The number of nitrogens with zero attached hydrogens (tertiary/aromatic N) is 4. The van der Waals surface area contributed by atoms with Gasteiger partial charge in [-0.2, -0.15) is 0 Å². The van der Waals surface area contributed by atoms with Crippen LogP contribution in [-0.2, 0) is 0 Å². The summed E-state index contributed by atoms with van der Waals surface area (Å²) in [6, 6.07) is 0. The van der Waals surface area contributed by atoms with E-state index >= 15 is 0 Å². The molecule has 0 atom stereocenters. The largest absolute Gasteiger partial charge is 0.458 e. The molecule has 62 valence electrons. The van der Waals surface area contributed by atoms with Crippen LogP contribution in [0.5, 0.6) is 0 Å². The van der Waals surface area contributed by atoms with Crippen molar-refractivity contribution in [3.05, 3.63) is 32.1 Å². The monoisotopic (exact) mass is 186 g/mol. The zero-order valence-corrected chi connectivity index (χ0v) is 6.39. The topological polar surface area (TPSA) is 82.9 Å². The van der Waals surface area contributed by atoms with Crippen LogP contribution in [0, 0.1) is 0 Å². The summed E-state index contributed by atoms with van der Waals surface area (Å²) in [5.41, 5.74) is 1.31. The van der Waals surface area contributed by atoms with E-state index in [2.05, 4.69) is 14.6 Å². The van der Waals surface area contributed by atoms with Gasteiger partial charge in [0.05, 0.1) is 0 Å². The fourth-order valence-electron chi connectivity index (χ4n) is 0.668. The molecular formula is C4H2N4O3S. The summed E-state index contributed by atoms with van der Waals surface area (Å²) < 4.78 is 4.34. The predicted molar refractivity (Wildman–Crippen MR) is 37.9 cm³/mol. The first-order valence-corrected chi connectivity index (χ1v) is 3.73. The molecule has 0 radical (unpaired) electrons. The number of hydrogen-bond acceptors (Lipinski definition) is 6. The molecule has 0 saturated heterocycles. The molecule has 7 nitrogen and oxygen atoms in total. The molecule has 0 aliphatic heterocycles. The highest BCUT2D eigenvalue weighted by Gasteiger charge is 2.05. The Balaban J connectivity index is 2.74. The van der Waals surface area contributed by atoms with Crippen LogP contribution in [0.3, 0.4) is 0 Å². The molecule has 12 heavy (non-hydrogen) atoms. The van der Waals surface area contributed by atoms with Crippen LogP contribution >= 0.6 is 11.3 Å². The Morgan fingerprint density at radius 3 is 2.67 bits per heavy atom.